The molecule has 0 saturated carbocycles. The van der Waals surface area contributed by atoms with Crippen LogP contribution in [0.15, 0.2) is 77.5 Å². The zero-order valence-corrected chi connectivity index (χ0v) is 30.9. The van der Waals surface area contributed by atoms with Gasteiger partial charge in [0.05, 0.1) is 58.5 Å². The molecule has 0 aromatic heterocycles. The van der Waals surface area contributed by atoms with Crippen LogP contribution < -0.4 is 39.8 Å². The topological polar surface area (TPSA) is 139 Å². The van der Waals surface area contributed by atoms with Gasteiger partial charge in [-0.2, -0.15) is 5.48 Å². The first-order chi connectivity index (χ1) is 25.2. The fourth-order valence-corrected chi connectivity index (χ4v) is 5.71. The maximum absolute atomic E-state index is 12.8. The van der Waals surface area contributed by atoms with Crippen LogP contribution in [0.2, 0.25) is 0 Å². The van der Waals surface area contributed by atoms with Gasteiger partial charge in [0.2, 0.25) is 5.75 Å². The number of carbonyl (C=O) groups is 1. The van der Waals surface area contributed by atoms with Gasteiger partial charge in [-0.1, -0.05) is 35.0 Å². The summed E-state index contributed by atoms with van der Waals surface area (Å²) in [6.07, 6.45) is 5.53. The average molecular weight is 717 g/mol. The van der Waals surface area contributed by atoms with Gasteiger partial charge >= 0.3 is 0 Å². The minimum Gasteiger partial charge on any atom is -0.493 e. The molecule has 0 saturated heterocycles. The van der Waals surface area contributed by atoms with Gasteiger partial charge in [-0.25, -0.2) is 0 Å². The second-order valence-corrected chi connectivity index (χ2v) is 12.4. The average Bonchev–Trinajstić information content (AvgIpc) is 3.66. The van der Waals surface area contributed by atoms with E-state index in [2.05, 4.69) is 21.3 Å². The summed E-state index contributed by atoms with van der Waals surface area (Å²) in [5.41, 5.74) is 8.74. The number of rotatable bonds is 17. The van der Waals surface area contributed by atoms with Crippen molar-refractivity contribution in [2.24, 2.45) is 5.16 Å². The van der Waals surface area contributed by atoms with E-state index in [4.69, 9.17) is 38.1 Å². The molecule has 4 unspecified atom stereocenters. The number of methoxy groups -OCH3 is 5. The molecule has 0 radical (unpaired) electrons. The number of hydroxylamine groups is 1. The Labute approximate surface area is 304 Å². The zero-order chi connectivity index (χ0) is 37.2. The van der Waals surface area contributed by atoms with Crippen molar-refractivity contribution in [2.75, 3.05) is 54.1 Å². The summed E-state index contributed by atoms with van der Waals surface area (Å²) in [7, 11) is 7.96. The van der Waals surface area contributed by atoms with Crippen LogP contribution in [-0.4, -0.2) is 78.6 Å². The minimum absolute atomic E-state index is 0.0960. The number of ether oxygens (including phenoxy) is 6. The van der Waals surface area contributed by atoms with Crippen molar-refractivity contribution in [2.45, 2.75) is 51.6 Å². The molecule has 3 aromatic carbocycles. The molecule has 4 atom stereocenters. The van der Waals surface area contributed by atoms with Crippen molar-refractivity contribution in [3.05, 3.63) is 94.6 Å². The summed E-state index contributed by atoms with van der Waals surface area (Å²) in [6.45, 7) is 6.42. The van der Waals surface area contributed by atoms with Gasteiger partial charge in [-0.15, -0.1) is 0 Å². The Bertz CT molecular complexity index is 1780. The van der Waals surface area contributed by atoms with Crippen LogP contribution in [0.5, 0.6) is 28.7 Å². The van der Waals surface area contributed by atoms with Gasteiger partial charge in [0.15, 0.2) is 29.1 Å². The highest BCUT2D eigenvalue weighted by Gasteiger charge is 2.28. The molecule has 278 valence electrons. The Kier molecular flexibility index (Phi) is 13.0. The van der Waals surface area contributed by atoms with Gasteiger partial charge in [-0.05, 0) is 74.4 Å². The van der Waals surface area contributed by atoms with E-state index in [0.29, 0.717) is 47.3 Å². The minimum atomic E-state index is -0.410. The zero-order valence-electron chi connectivity index (χ0n) is 30.9. The number of carbonyl (C=O) groups excluding carboxylic acids is 1. The van der Waals surface area contributed by atoms with E-state index in [1.54, 1.807) is 35.5 Å². The van der Waals surface area contributed by atoms with Crippen LogP contribution in [0.3, 0.4) is 0 Å². The molecule has 5 rings (SSSR count). The summed E-state index contributed by atoms with van der Waals surface area (Å²) in [5, 5.41) is 10.8. The lowest BCUT2D eigenvalue weighted by atomic mass is 9.99. The van der Waals surface area contributed by atoms with E-state index >= 15 is 0 Å². The number of hydrogen-bond donors (Lipinski definition) is 3. The lowest BCUT2D eigenvalue weighted by Crippen LogP contribution is -2.38. The van der Waals surface area contributed by atoms with Gasteiger partial charge < -0.3 is 43.9 Å². The second kappa shape index (κ2) is 17.8. The number of hydrogen-bond acceptors (Lipinski definition) is 12. The molecule has 1 amide bonds. The van der Waals surface area contributed by atoms with Crippen LogP contribution in [0.4, 0.5) is 5.69 Å². The smallest absolute Gasteiger partial charge is 0.255 e. The van der Waals surface area contributed by atoms with Crippen LogP contribution in [0.25, 0.3) is 0 Å². The van der Waals surface area contributed by atoms with Crippen molar-refractivity contribution in [1.82, 2.24) is 10.8 Å². The first-order valence-electron chi connectivity index (χ1n) is 17.0. The maximum atomic E-state index is 12.8. The molecular weight excluding hydrogens is 668 g/mol. The van der Waals surface area contributed by atoms with Crippen LogP contribution in [-0.2, 0) is 14.4 Å². The number of nitrogens with zero attached hydrogens (tertiary/aromatic N) is 1. The van der Waals surface area contributed by atoms with Crippen LogP contribution >= 0.6 is 0 Å². The highest BCUT2D eigenvalue weighted by molar-refractivity contribution is 6.03. The molecule has 2 aliphatic rings. The van der Waals surface area contributed by atoms with Crippen molar-refractivity contribution in [3.63, 3.8) is 0 Å². The number of anilines is 1. The Hall–Kier alpha value is -5.24. The predicted octanol–water partition coefficient (Wildman–Crippen LogP) is 5.88. The van der Waals surface area contributed by atoms with E-state index < -0.39 is 6.17 Å². The largest absolute Gasteiger partial charge is 0.493 e. The number of oxime groups is 1. The van der Waals surface area contributed by atoms with E-state index in [1.807, 2.05) is 87.5 Å². The molecule has 0 aliphatic carbocycles. The quantitative estimate of drug-likeness (QED) is 0.0877. The maximum Gasteiger partial charge on any atom is 0.255 e. The molecule has 13 heteroatoms. The van der Waals surface area contributed by atoms with E-state index in [0.717, 1.165) is 33.7 Å². The number of fused-ring (bicyclic) bond motifs is 1. The van der Waals surface area contributed by atoms with Gasteiger partial charge in [-0.3, -0.25) is 9.63 Å². The van der Waals surface area contributed by atoms with Crippen LogP contribution in [0.1, 0.15) is 53.5 Å². The summed E-state index contributed by atoms with van der Waals surface area (Å²) >= 11 is 0. The van der Waals surface area contributed by atoms with Gasteiger partial charge in [0, 0.05) is 24.8 Å². The molecule has 52 heavy (non-hydrogen) atoms. The monoisotopic (exact) mass is 716 g/mol. The Balaban J connectivity index is 1.16. The molecular formula is C39H48N4O9. The van der Waals surface area contributed by atoms with Crippen molar-refractivity contribution >= 4 is 17.3 Å². The molecule has 0 bridgehead atoms. The van der Waals surface area contributed by atoms with Gasteiger partial charge in [0.25, 0.3) is 5.91 Å². The van der Waals surface area contributed by atoms with Crippen LogP contribution in [0, 0.1) is 6.92 Å². The standard InChI is InChI=1S/C39H48N4O9/c1-23-9-13-30-29(17-23)39(44)41-38(40-30)27-12-14-32(34(18-27)46-5)50-22-24(2)42-51-16-15-26(11-10-25(3)45-4)33-21-31(43-52-33)28-19-35(47-6)37(49-8)36(20-28)48-7/h9-15,17-20,24-25,33,38,40,42H,16,21-22H2,1-8H3,(H,41,44). The summed E-state index contributed by atoms with van der Waals surface area (Å²) < 4.78 is 33.6. The summed E-state index contributed by atoms with van der Waals surface area (Å²) in [5.74, 6) is 2.56. The van der Waals surface area contributed by atoms with E-state index in [1.165, 1.54) is 0 Å². The number of nitrogens with one attached hydrogen (secondary N) is 3. The molecule has 2 aliphatic heterocycles. The second-order valence-electron chi connectivity index (χ2n) is 12.4. The molecule has 0 spiro atoms. The molecule has 3 N–H and O–H groups in total. The van der Waals surface area contributed by atoms with Crippen molar-refractivity contribution in [1.29, 1.82) is 0 Å². The Morgan fingerprint density at radius 3 is 2.38 bits per heavy atom. The first kappa shape index (κ1) is 38.0. The third kappa shape index (κ3) is 9.15. The lowest BCUT2D eigenvalue weighted by Gasteiger charge is -2.29. The van der Waals surface area contributed by atoms with Crippen molar-refractivity contribution < 1.29 is 42.9 Å². The summed E-state index contributed by atoms with van der Waals surface area (Å²) in [6, 6.07) is 14.9. The number of amides is 1. The number of benzene rings is 3. The third-order valence-electron chi connectivity index (χ3n) is 8.66. The molecule has 13 nitrogen and oxygen atoms in total. The van der Waals surface area contributed by atoms with Gasteiger partial charge in [0.1, 0.15) is 12.8 Å². The van der Waals surface area contributed by atoms with Crippen molar-refractivity contribution in [3.8, 4) is 28.7 Å². The normalized spacial score (nSPS) is 18.0. The molecule has 0 fully saturated rings. The highest BCUT2D eigenvalue weighted by Crippen LogP contribution is 2.39. The summed E-state index contributed by atoms with van der Waals surface area (Å²) in [4.78, 5) is 24.5. The third-order valence-corrected chi connectivity index (χ3v) is 8.66. The Morgan fingerprint density at radius 2 is 1.69 bits per heavy atom. The lowest BCUT2D eigenvalue weighted by molar-refractivity contribution is 0.0255. The SMILES string of the molecule is COc1cc(C2NC(=O)c3cc(C)ccc3N2)ccc1OCC(C)NOCC=C(C=CC(C)OC)C1CC(c2cc(OC)c(OC)c(OC)c2)=NO1. The fraction of sp³-hybridized carbons (Fsp3) is 0.385. The fourth-order valence-electron chi connectivity index (χ4n) is 5.71. The number of aryl methyl sites for hydroxylation is 1. The predicted molar refractivity (Wildman–Crippen MR) is 198 cm³/mol. The molecule has 3 aromatic rings. The molecule has 2 heterocycles. The van der Waals surface area contributed by atoms with E-state index in [-0.39, 0.29) is 30.8 Å². The Morgan fingerprint density at radius 1 is 0.942 bits per heavy atom. The highest BCUT2D eigenvalue weighted by atomic mass is 16.7. The first-order valence-corrected chi connectivity index (χ1v) is 17.0. The van der Waals surface area contributed by atoms with E-state index in [9.17, 15) is 4.79 Å².